The van der Waals surface area contributed by atoms with Gasteiger partial charge in [-0.1, -0.05) is 26.7 Å². The highest BCUT2D eigenvalue weighted by Gasteiger charge is 2.21. The van der Waals surface area contributed by atoms with Crippen LogP contribution in [0.25, 0.3) is 0 Å². The Morgan fingerprint density at radius 2 is 1.87 bits per heavy atom. The molecular weight excluding hydrogens is 376 g/mol. The summed E-state index contributed by atoms with van der Waals surface area (Å²) < 4.78 is 0. The summed E-state index contributed by atoms with van der Waals surface area (Å²) in [4.78, 5) is 29.4. The van der Waals surface area contributed by atoms with E-state index in [1.54, 1.807) is 0 Å². The number of nitrogens with one attached hydrogen (secondary N) is 3. The lowest BCUT2D eigenvalue weighted by Crippen LogP contribution is -3.05. The molecule has 6 heteroatoms. The van der Waals surface area contributed by atoms with Crippen molar-refractivity contribution < 1.29 is 14.5 Å². The number of amides is 2. The van der Waals surface area contributed by atoms with Crippen LogP contribution in [0.2, 0.25) is 0 Å². The van der Waals surface area contributed by atoms with E-state index in [0.29, 0.717) is 17.8 Å². The molecule has 1 aliphatic heterocycles. The molecule has 0 spiro atoms. The highest BCUT2D eigenvalue weighted by Crippen LogP contribution is 2.28. The average molecular weight is 418 g/mol. The molecule has 0 unspecified atom stereocenters. The number of anilines is 2. The molecule has 0 radical (unpaired) electrons. The van der Waals surface area contributed by atoms with Gasteiger partial charge < -0.3 is 20.4 Å². The molecule has 0 bridgehead atoms. The average Bonchev–Trinajstić information content (AvgIpc) is 3.26. The van der Waals surface area contributed by atoms with Gasteiger partial charge in [0.2, 0.25) is 5.91 Å². The van der Waals surface area contributed by atoms with Gasteiger partial charge in [-0.3, -0.25) is 9.59 Å². The van der Waals surface area contributed by atoms with Gasteiger partial charge in [-0.2, -0.15) is 0 Å². The van der Waals surface area contributed by atoms with Crippen LogP contribution < -0.4 is 20.4 Å². The van der Waals surface area contributed by atoms with E-state index in [2.05, 4.69) is 43.5 Å². The highest BCUT2D eigenvalue weighted by atomic mass is 16.2. The van der Waals surface area contributed by atoms with Crippen molar-refractivity contribution in [2.45, 2.75) is 58.8 Å². The Labute approximate surface area is 182 Å². The second-order valence-corrected chi connectivity index (χ2v) is 8.73. The van der Waals surface area contributed by atoms with Crippen LogP contribution in [0.15, 0.2) is 18.2 Å². The minimum absolute atomic E-state index is 0.0222. The molecule has 1 aromatic carbocycles. The monoisotopic (exact) mass is 417 g/mol. The summed E-state index contributed by atoms with van der Waals surface area (Å²) in [5.41, 5.74) is 2.34. The fraction of sp³-hybridized carbons (Fsp3) is 0.667. The van der Waals surface area contributed by atoms with E-state index < -0.39 is 0 Å². The van der Waals surface area contributed by atoms with Crippen LogP contribution in [-0.4, -0.2) is 52.1 Å². The van der Waals surface area contributed by atoms with E-state index in [0.717, 1.165) is 70.3 Å². The van der Waals surface area contributed by atoms with E-state index in [1.165, 1.54) is 4.90 Å². The Bertz CT molecular complexity index is 684. The molecule has 1 aromatic rings. The van der Waals surface area contributed by atoms with E-state index in [9.17, 15) is 9.59 Å². The van der Waals surface area contributed by atoms with Gasteiger partial charge in [0.25, 0.3) is 5.91 Å². The first kappa shape index (κ1) is 24.2. The molecule has 3 N–H and O–H groups in total. The third-order valence-electron chi connectivity index (χ3n) is 5.86. The summed E-state index contributed by atoms with van der Waals surface area (Å²) in [6, 6.07) is 5.78. The van der Waals surface area contributed by atoms with Crippen molar-refractivity contribution in [3.05, 3.63) is 23.8 Å². The predicted octanol–water partition coefficient (Wildman–Crippen LogP) is 2.71. The summed E-state index contributed by atoms with van der Waals surface area (Å²) in [5.74, 6) is 0.0222. The first-order chi connectivity index (χ1) is 14.5. The molecular formula is C24H41N4O2+. The number of hydrogen-bond acceptors (Lipinski definition) is 3. The molecule has 0 saturated carbocycles. The third kappa shape index (κ3) is 7.31. The van der Waals surface area contributed by atoms with Gasteiger partial charge in [0, 0.05) is 43.3 Å². The molecule has 0 aromatic heterocycles. The smallest absolute Gasteiger partial charge is 0.253 e. The zero-order valence-electron chi connectivity index (χ0n) is 19.4. The number of benzene rings is 1. The number of rotatable bonds is 12. The van der Waals surface area contributed by atoms with Gasteiger partial charge in [-0.05, 0) is 43.9 Å². The highest BCUT2D eigenvalue weighted by molar-refractivity contribution is 6.02. The van der Waals surface area contributed by atoms with Gasteiger partial charge in [-0.25, -0.2) is 0 Å². The summed E-state index contributed by atoms with van der Waals surface area (Å²) in [5, 5.41) is 6.13. The maximum Gasteiger partial charge on any atom is 0.253 e. The maximum atomic E-state index is 13.0. The lowest BCUT2D eigenvalue weighted by atomic mass is 9.98. The van der Waals surface area contributed by atoms with Crippen molar-refractivity contribution in [3.8, 4) is 0 Å². The van der Waals surface area contributed by atoms with Gasteiger partial charge in [0.05, 0.1) is 26.2 Å². The molecule has 6 nitrogen and oxygen atoms in total. The zero-order valence-corrected chi connectivity index (χ0v) is 19.4. The second kappa shape index (κ2) is 12.6. The van der Waals surface area contributed by atoms with Crippen molar-refractivity contribution in [2.75, 3.05) is 50.5 Å². The number of quaternary nitrogens is 1. The minimum Gasteiger partial charge on any atom is -0.371 e. The lowest BCUT2D eigenvalue weighted by molar-refractivity contribution is -0.858. The summed E-state index contributed by atoms with van der Waals surface area (Å²) in [6.45, 7) is 7.84. The Morgan fingerprint density at radius 1 is 1.13 bits per heavy atom. The summed E-state index contributed by atoms with van der Waals surface area (Å²) in [6.07, 6.45) is 7.14. The van der Waals surface area contributed by atoms with Crippen LogP contribution in [0.5, 0.6) is 0 Å². The van der Waals surface area contributed by atoms with Crippen LogP contribution in [0.4, 0.5) is 11.4 Å². The van der Waals surface area contributed by atoms with Crippen LogP contribution in [0, 0.1) is 5.92 Å². The van der Waals surface area contributed by atoms with Gasteiger partial charge in [-0.15, -0.1) is 0 Å². The summed E-state index contributed by atoms with van der Waals surface area (Å²) >= 11 is 0. The first-order valence-corrected chi connectivity index (χ1v) is 11.7. The SMILES string of the molecule is CCCC[C@@H](CC)C(=O)Nc1ccc(N2CCCC2)c(C(=O)NCCC[NH+](C)C)c1. The zero-order chi connectivity index (χ0) is 21.9. The van der Waals surface area contributed by atoms with Crippen molar-refractivity contribution >= 4 is 23.2 Å². The second-order valence-electron chi connectivity index (χ2n) is 8.73. The van der Waals surface area contributed by atoms with Crippen molar-refractivity contribution in [2.24, 2.45) is 5.92 Å². The molecule has 1 aliphatic rings. The molecule has 0 aliphatic carbocycles. The van der Waals surface area contributed by atoms with Crippen LogP contribution in [-0.2, 0) is 4.79 Å². The van der Waals surface area contributed by atoms with Crippen LogP contribution in [0.1, 0.15) is 69.2 Å². The number of nitrogens with zero attached hydrogens (tertiary/aromatic N) is 1. The van der Waals surface area contributed by atoms with Crippen molar-refractivity contribution in [1.82, 2.24) is 5.32 Å². The molecule has 30 heavy (non-hydrogen) atoms. The summed E-state index contributed by atoms with van der Waals surface area (Å²) in [7, 11) is 4.23. The van der Waals surface area contributed by atoms with Crippen LogP contribution in [0.3, 0.4) is 0 Å². The Hall–Kier alpha value is -2.08. The number of carbonyl (C=O) groups is 2. The molecule has 168 valence electrons. The molecule has 1 fully saturated rings. The van der Waals surface area contributed by atoms with Gasteiger partial charge in [0.1, 0.15) is 0 Å². The van der Waals surface area contributed by atoms with Gasteiger partial charge >= 0.3 is 0 Å². The molecule has 1 atom stereocenters. The van der Waals surface area contributed by atoms with E-state index in [4.69, 9.17) is 0 Å². The fourth-order valence-corrected chi connectivity index (χ4v) is 3.98. The third-order valence-corrected chi connectivity index (χ3v) is 5.86. The van der Waals surface area contributed by atoms with E-state index >= 15 is 0 Å². The standard InChI is InChI=1S/C24H40N4O2/c1-5-7-11-19(6-2)23(29)26-20-12-13-22(28-16-8-9-17-28)21(18-20)24(30)25-14-10-15-27(3)4/h12-13,18-19H,5-11,14-17H2,1-4H3,(H,25,30)(H,26,29)/p+1/t19-/m1/s1. The Morgan fingerprint density at radius 3 is 2.50 bits per heavy atom. The molecule has 2 rings (SSSR count). The minimum atomic E-state index is -0.0558. The lowest BCUT2D eigenvalue weighted by Gasteiger charge is -2.22. The van der Waals surface area contributed by atoms with Crippen LogP contribution >= 0.6 is 0 Å². The van der Waals surface area contributed by atoms with E-state index in [1.807, 2.05) is 18.2 Å². The Balaban J connectivity index is 2.13. The molecule has 1 saturated heterocycles. The topological polar surface area (TPSA) is 65.9 Å². The fourth-order valence-electron chi connectivity index (χ4n) is 3.98. The quantitative estimate of drug-likeness (QED) is 0.458. The maximum absolute atomic E-state index is 13.0. The normalized spacial score (nSPS) is 14.8. The van der Waals surface area contributed by atoms with Crippen molar-refractivity contribution in [1.29, 1.82) is 0 Å². The number of hydrogen-bond donors (Lipinski definition) is 3. The molecule has 2 amide bonds. The van der Waals surface area contributed by atoms with Gasteiger partial charge in [0.15, 0.2) is 0 Å². The first-order valence-electron chi connectivity index (χ1n) is 11.7. The molecule has 1 heterocycles. The number of unbranched alkanes of at least 4 members (excludes halogenated alkanes) is 1. The number of carbonyl (C=O) groups excluding carboxylic acids is 2. The van der Waals surface area contributed by atoms with E-state index in [-0.39, 0.29) is 17.7 Å². The Kier molecular flexibility index (Phi) is 10.1. The predicted molar refractivity (Wildman–Crippen MR) is 124 cm³/mol. The largest absolute Gasteiger partial charge is 0.371 e. The van der Waals surface area contributed by atoms with Crippen molar-refractivity contribution in [3.63, 3.8) is 0 Å².